The fourth-order valence-corrected chi connectivity index (χ4v) is 3.12. The molecule has 1 fully saturated rings. The van der Waals surface area contributed by atoms with Crippen molar-refractivity contribution < 1.29 is 13.2 Å². The van der Waals surface area contributed by atoms with Crippen LogP contribution in [0.3, 0.4) is 0 Å². The zero-order valence-electron chi connectivity index (χ0n) is 14.3. The van der Waals surface area contributed by atoms with Gasteiger partial charge in [-0.2, -0.15) is 13.2 Å². The highest BCUT2D eigenvalue weighted by Gasteiger charge is 2.30. The Morgan fingerprint density at radius 1 is 0.960 bits per heavy atom. The molecular weight excluding hydrogens is 329 g/mol. The molecule has 136 valence electrons. The Bertz CT molecular complexity index is 670. The average molecular weight is 352 g/mol. The van der Waals surface area contributed by atoms with Crippen molar-refractivity contribution in [1.82, 2.24) is 19.4 Å². The molecule has 2 aromatic rings. The number of aryl methyl sites for hydroxylation is 1. The Morgan fingerprint density at radius 2 is 1.60 bits per heavy atom. The van der Waals surface area contributed by atoms with E-state index in [0.717, 1.165) is 50.7 Å². The maximum absolute atomic E-state index is 12.6. The summed E-state index contributed by atoms with van der Waals surface area (Å²) in [5.74, 6) is 1.03. The molecule has 2 heterocycles. The van der Waals surface area contributed by atoms with Gasteiger partial charge >= 0.3 is 6.18 Å². The van der Waals surface area contributed by atoms with E-state index in [4.69, 9.17) is 0 Å². The molecule has 1 aromatic heterocycles. The maximum Gasteiger partial charge on any atom is 0.416 e. The van der Waals surface area contributed by atoms with Gasteiger partial charge in [-0.25, -0.2) is 4.98 Å². The minimum atomic E-state index is -4.27. The smallest absolute Gasteiger partial charge is 0.334 e. The number of piperazine rings is 1. The van der Waals surface area contributed by atoms with Crippen molar-refractivity contribution in [3.8, 4) is 0 Å². The average Bonchev–Trinajstić information content (AvgIpc) is 2.99. The third-order valence-corrected chi connectivity index (χ3v) is 4.73. The minimum Gasteiger partial charge on any atom is -0.334 e. The second kappa shape index (κ2) is 7.58. The van der Waals surface area contributed by atoms with Gasteiger partial charge in [-0.3, -0.25) is 9.80 Å². The number of alkyl halides is 3. The Morgan fingerprint density at radius 3 is 2.16 bits per heavy atom. The quantitative estimate of drug-likeness (QED) is 0.827. The van der Waals surface area contributed by atoms with Crippen molar-refractivity contribution in [3.05, 3.63) is 53.6 Å². The number of rotatable bonds is 5. The molecular formula is C18H23F3N4. The van der Waals surface area contributed by atoms with Crippen molar-refractivity contribution in [2.24, 2.45) is 0 Å². The summed E-state index contributed by atoms with van der Waals surface area (Å²) >= 11 is 0. The number of nitrogens with zero attached hydrogens (tertiary/aromatic N) is 4. The van der Waals surface area contributed by atoms with Crippen molar-refractivity contribution >= 4 is 0 Å². The second-order valence-electron chi connectivity index (χ2n) is 6.48. The number of hydrogen-bond donors (Lipinski definition) is 0. The first-order chi connectivity index (χ1) is 11.9. The van der Waals surface area contributed by atoms with Crippen molar-refractivity contribution in [3.63, 3.8) is 0 Å². The molecule has 3 rings (SSSR count). The lowest BCUT2D eigenvalue weighted by Gasteiger charge is -2.34. The molecule has 4 nitrogen and oxygen atoms in total. The van der Waals surface area contributed by atoms with Crippen LogP contribution in [-0.4, -0.2) is 52.1 Å². The van der Waals surface area contributed by atoms with Gasteiger partial charge in [-0.15, -0.1) is 0 Å². The molecule has 0 saturated carbocycles. The van der Waals surface area contributed by atoms with Gasteiger partial charge in [-0.05, 0) is 24.6 Å². The molecule has 7 heteroatoms. The Balaban J connectivity index is 1.44. The van der Waals surface area contributed by atoms with Gasteiger partial charge in [0.1, 0.15) is 5.82 Å². The molecule has 1 aliphatic rings. The van der Waals surface area contributed by atoms with E-state index in [1.165, 1.54) is 12.1 Å². The summed E-state index contributed by atoms with van der Waals surface area (Å²) in [5, 5.41) is 0. The summed E-state index contributed by atoms with van der Waals surface area (Å²) in [6.07, 6.45) is -0.453. The summed E-state index contributed by atoms with van der Waals surface area (Å²) < 4.78 is 39.9. The summed E-state index contributed by atoms with van der Waals surface area (Å²) in [6.45, 7) is 8.46. The first-order valence-electron chi connectivity index (χ1n) is 8.50. The highest BCUT2D eigenvalue weighted by molar-refractivity contribution is 5.24. The van der Waals surface area contributed by atoms with Crippen LogP contribution in [0.15, 0.2) is 36.7 Å². The van der Waals surface area contributed by atoms with E-state index in [2.05, 4.69) is 19.4 Å². The van der Waals surface area contributed by atoms with Crippen LogP contribution in [0.5, 0.6) is 0 Å². The topological polar surface area (TPSA) is 24.3 Å². The van der Waals surface area contributed by atoms with Crippen LogP contribution in [0.25, 0.3) is 0 Å². The Hall–Kier alpha value is -1.86. The first kappa shape index (κ1) is 17.9. The van der Waals surface area contributed by atoms with Crippen molar-refractivity contribution in [1.29, 1.82) is 0 Å². The van der Waals surface area contributed by atoms with Gasteiger partial charge in [0.2, 0.25) is 0 Å². The normalized spacial score (nSPS) is 17.1. The summed E-state index contributed by atoms with van der Waals surface area (Å²) in [5.41, 5.74) is 0.339. The van der Waals surface area contributed by atoms with Crippen LogP contribution in [0.1, 0.15) is 17.0 Å². The molecule has 0 amide bonds. The third-order valence-electron chi connectivity index (χ3n) is 4.73. The van der Waals surface area contributed by atoms with Crippen LogP contribution >= 0.6 is 0 Å². The number of hydrogen-bond acceptors (Lipinski definition) is 3. The van der Waals surface area contributed by atoms with E-state index in [-0.39, 0.29) is 0 Å². The van der Waals surface area contributed by atoms with Gasteiger partial charge in [0.25, 0.3) is 0 Å². The lowest BCUT2D eigenvalue weighted by atomic mass is 10.1. The standard InChI is InChI=1S/C18H23F3N4/c1-15-22-6-7-25(15)13-12-23-8-10-24(11-9-23)14-16-2-4-17(5-3-16)18(19,20)21/h2-7H,8-14H2,1H3. The highest BCUT2D eigenvalue weighted by Crippen LogP contribution is 2.29. The van der Waals surface area contributed by atoms with E-state index < -0.39 is 11.7 Å². The van der Waals surface area contributed by atoms with Gasteiger partial charge in [-0.1, -0.05) is 12.1 Å². The van der Waals surface area contributed by atoms with Crippen LogP contribution in [0.4, 0.5) is 13.2 Å². The summed E-state index contributed by atoms with van der Waals surface area (Å²) in [4.78, 5) is 8.94. The van der Waals surface area contributed by atoms with E-state index >= 15 is 0 Å². The van der Waals surface area contributed by atoms with E-state index in [1.807, 2.05) is 19.3 Å². The van der Waals surface area contributed by atoms with Gasteiger partial charge in [0, 0.05) is 58.2 Å². The number of imidazole rings is 1. The Kier molecular flexibility index (Phi) is 5.44. The van der Waals surface area contributed by atoms with Gasteiger partial charge in [0.05, 0.1) is 5.56 Å². The van der Waals surface area contributed by atoms with Crippen LogP contribution < -0.4 is 0 Å². The van der Waals surface area contributed by atoms with Gasteiger partial charge < -0.3 is 4.57 Å². The first-order valence-corrected chi connectivity index (χ1v) is 8.50. The monoisotopic (exact) mass is 352 g/mol. The van der Waals surface area contributed by atoms with Crippen LogP contribution in [0.2, 0.25) is 0 Å². The molecule has 1 aliphatic heterocycles. The van der Waals surface area contributed by atoms with Crippen LogP contribution in [0, 0.1) is 6.92 Å². The maximum atomic E-state index is 12.6. The predicted molar refractivity (Wildman–Crippen MR) is 90.1 cm³/mol. The van der Waals surface area contributed by atoms with E-state index in [1.54, 1.807) is 12.1 Å². The molecule has 25 heavy (non-hydrogen) atoms. The lowest BCUT2D eigenvalue weighted by Crippen LogP contribution is -2.46. The van der Waals surface area contributed by atoms with Crippen molar-refractivity contribution in [2.75, 3.05) is 32.7 Å². The molecule has 1 aromatic carbocycles. The Labute approximate surface area is 145 Å². The highest BCUT2D eigenvalue weighted by atomic mass is 19.4. The van der Waals surface area contributed by atoms with Crippen LogP contribution in [-0.2, 0) is 19.3 Å². The summed E-state index contributed by atoms with van der Waals surface area (Å²) in [6, 6.07) is 5.49. The predicted octanol–water partition coefficient (Wildman–Crippen LogP) is 3.03. The number of benzene rings is 1. The lowest BCUT2D eigenvalue weighted by molar-refractivity contribution is -0.137. The molecule has 0 unspecified atom stereocenters. The largest absolute Gasteiger partial charge is 0.416 e. The zero-order chi connectivity index (χ0) is 17.9. The molecule has 0 N–H and O–H groups in total. The molecule has 0 aliphatic carbocycles. The van der Waals surface area contributed by atoms with E-state index in [0.29, 0.717) is 6.54 Å². The third kappa shape index (κ3) is 4.83. The second-order valence-corrected chi connectivity index (χ2v) is 6.48. The SMILES string of the molecule is Cc1nccn1CCN1CCN(Cc2ccc(C(F)(F)F)cc2)CC1. The molecule has 0 bridgehead atoms. The molecule has 0 atom stereocenters. The fourth-order valence-electron chi connectivity index (χ4n) is 3.12. The molecule has 1 saturated heterocycles. The van der Waals surface area contributed by atoms with Crippen molar-refractivity contribution in [2.45, 2.75) is 26.2 Å². The van der Waals surface area contributed by atoms with Gasteiger partial charge in [0.15, 0.2) is 0 Å². The summed E-state index contributed by atoms with van der Waals surface area (Å²) in [7, 11) is 0. The van der Waals surface area contributed by atoms with E-state index in [9.17, 15) is 13.2 Å². The number of halogens is 3. The molecule has 0 radical (unpaired) electrons. The fraction of sp³-hybridized carbons (Fsp3) is 0.500. The minimum absolute atomic E-state index is 0.587. The number of aromatic nitrogens is 2. The molecule has 0 spiro atoms. The zero-order valence-corrected chi connectivity index (χ0v) is 14.3.